The molecular weight excluding hydrogens is 384 g/mol. The molecule has 0 aliphatic carbocycles. The Morgan fingerprint density at radius 3 is 2.55 bits per heavy atom. The molecule has 29 heavy (non-hydrogen) atoms. The number of para-hydroxylation sites is 1. The number of rotatable bonds is 6. The smallest absolute Gasteiger partial charge is 0.263 e. The van der Waals surface area contributed by atoms with Crippen molar-refractivity contribution in [3.05, 3.63) is 68.7 Å². The van der Waals surface area contributed by atoms with Crippen molar-refractivity contribution < 1.29 is 9.59 Å². The Balaban J connectivity index is 1.77. The summed E-state index contributed by atoms with van der Waals surface area (Å²) >= 11 is 1.41. The molecular formula is C22H26N4O2S. The molecule has 0 bridgehead atoms. The number of nitrogens with one attached hydrogen (secondary N) is 1. The molecule has 0 aliphatic rings. The van der Waals surface area contributed by atoms with Gasteiger partial charge in [0.2, 0.25) is 5.91 Å². The van der Waals surface area contributed by atoms with Crippen LogP contribution in [0, 0.1) is 20.8 Å². The minimum atomic E-state index is -0.0833. The lowest BCUT2D eigenvalue weighted by molar-refractivity contribution is -0.119. The van der Waals surface area contributed by atoms with Gasteiger partial charge in [0.1, 0.15) is 0 Å². The summed E-state index contributed by atoms with van der Waals surface area (Å²) in [5, 5.41) is 7.47. The van der Waals surface area contributed by atoms with Gasteiger partial charge < -0.3 is 10.2 Å². The van der Waals surface area contributed by atoms with E-state index >= 15 is 0 Å². The number of hydrogen-bond donors (Lipinski definition) is 1. The number of benzene rings is 1. The number of hydrogen-bond acceptors (Lipinski definition) is 4. The van der Waals surface area contributed by atoms with Gasteiger partial charge >= 0.3 is 0 Å². The van der Waals surface area contributed by atoms with Crippen molar-refractivity contribution in [2.75, 3.05) is 7.05 Å². The number of nitrogens with zero attached hydrogens (tertiary/aromatic N) is 3. The van der Waals surface area contributed by atoms with Gasteiger partial charge in [0.25, 0.3) is 5.91 Å². The molecule has 1 N–H and O–H groups in total. The zero-order chi connectivity index (χ0) is 21.1. The Morgan fingerprint density at radius 1 is 1.14 bits per heavy atom. The molecule has 3 rings (SSSR count). The van der Waals surface area contributed by atoms with Gasteiger partial charge in [-0.15, -0.1) is 11.3 Å². The van der Waals surface area contributed by atoms with Crippen LogP contribution in [0.1, 0.15) is 44.0 Å². The van der Waals surface area contributed by atoms with Crippen LogP contribution in [0.5, 0.6) is 0 Å². The van der Waals surface area contributed by atoms with Crippen LogP contribution >= 0.6 is 11.3 Å². The monoisotopic (exact) mass is 410 g/mol. The third-order valence-corrected chi connectivity index (χ3v) is 5.98. The average molecular weight is 411 g/mol. The van der Waals surface area contributed by atoms with Crippen LogP contribution in [-0.2, 0) is 17.9 Å². The molecule has 152 valence electrons. The number of thiophene rings is 1. The van der Waals surface area contributed by atoms with Crippen molar-refractivity contribution in [1.82, 2.24) is 20.0 Å². The fourth-order valence-corrected chi connectivity index (χ4v) is 4.18. The largest absolute Gasteiger partial charge is 0.351 e. The molecule has 2 amide bonds. The van der Waals surface area contributed by atoms with Crippen molar-refractivity contribution in [2.45, 2.75) is 40.8 Å². The van der Waals surface area contributed by atoms with Crippen molar-refractivity contribution in [1.29, 1.82) is 0 Å². The van der Waals surface area contributed by atoms with Gasteiger partial charge in [-0.25, -0.2) is 4.68 Å². The first-order valence-corrected chi connectivity index (χ1v) is 10.3. The van der Waals surface area contributed by atoms with Gasteiger partial charge in [-0.1, -0.05) is 18.2 Å². The van der Waals surface area contributed by atoms with E-state index in [9.17, 15) is 9.59 Å². The number of aryl methyl sites for hydroxylation is 2. The van der Waals surface area contributed by atoms with Crippen molar-refractivity contribution in [3.63, 3.8) is 0 Å². The maximum Gasteiger partial charge on any atom is 0.263 e. The van der Waals surface area contributed by atoms with E-state index in [1.165, 1.54) is 18.3 Å². The molecule has 3 aromatic rings. The predicted molar refractivity (Wildman–Crippen MR) is 115 cm³/mol. The van der Waals surface area contributed by atoms with E-state index in [1.54, 1.807) is 11.9 Å². The van der Waals surface area contributed by atoms with E-state index in [1.807, 2.05) is 42.8 Å². The summed E-state index contributed by atoms with van der Waals surface area (Å²) in [7, 11) is 1.81. The molecule has 0 saturated heterocycles. The zero-order valence-electron chi connectivity index (χ0n) is 17.4. The Hall–Kier alpha value is -2.93. The Bertz CT molecular complexity index is 1050. The number of carbonyl (C=O) groups excluding carboxylic acids is 2. The summed E-state index contributed by atoms with van der Waals surface area (Å²) in [5.41, 5.74) is 5.21. The average Bonchev–Trinajstić information content (AvgIpc) is 3.26. The Labute approximate surface area is 175 Å². The molecule has 0 atom stereocenters. The second-order valence-electron chi connectivity index (χ2n) is 7.18. The van der Waals surface area contributed by atoms with Crippen LogP contribution in [-0.4, -0.2) is 33.5 Å². The van der Waals surface area contributed by atoms with Gasteiger partial charge in [-0.2, -0.15) is 5.10 Å². The van der Waals surface area contributed by atoms with Crippen LogP contribution < -0.4 is 5.32 Å². The van der Waals surface area contributed by atoms with Crippen LogP contribution in [0.25, 0.3) is 5.69 Å². The van der Waals surface area contributed by atoms with E-state index < -0.39 is 0 Å². The van der Waals surface area contributed by atoms with Gasteiger partial charge in [0.15, 0.2) is 0 Å². The molecule has 2 aromatic heterocycles. The number of aromatic nitrogens is 2. The summed E-state index contributed by atoms with van der Waals surface area (Å²) < 4.78 is 1.95. The molecule has 6 nitrogen and oxygen atoms in total. The number of amides is 2. The van der Waals surface area contributed by atoms with Crippen LogP contribution in [0.4, 0.5) is 0 Å². The second kappa shape index (κ2) is 8.61. The first-order valence-electron chi connectivity index (χ1n) is 9.47. The lowest BCUT2D eigenvalue weighted by atomic mass is 10.1. The lowest BCUT2D eigenvalue weighted by Gasteiger charge is -2.17. The van der Waals surface area contributed by atoms with E-state index in [-0.39, 0.29) is 11.8 Å². The second-order valence-corrected chi connectivity index (χ2v) is 8.35. The summed E-state index contributed by atoms with van der Waals surface area (Å²) in [6.07, 6.45) is 0. The van der Waals surface area contributed by atoms with Crippen LogP contribution in [0.3, 0.4) is 0 Å². The molecule has 0 saturated carbocycles. The van der Waals surface area contributed by atoms with Gasteiger partial charge in [0, 0.05) is 36.7 Å². The Kier molecular flexibility index (Phi) is 6.17. The van der Waals surface area contributed by atoms with E-state index in [2.05, 4.69) is 24.4 Å². The minimum Gasteiger partial charge on any atom is -0.351 e. The summed E-state index contributed by atoms with van der Waals surface area (Å²) in [4.78, 5) is 27.3. The predicted octanol–water partition coefficient (Wildman–Crippen LogP) is 3.77. The highest BCUT2D eigenvalue weighted by atomic mass is 32.1. The molecule has 0 spiro atoms. The summed E-state index contributed by atoms with van der Waals surface area (Å²) in [5.74, 6) is -0.119. The van der Waals surface area contributed by atoms with Crippen molar-refractivity contribution in [2.24, 2.45) is 0 Å². The van der Waals surface area contributed by atoms with Crippen LogP contribution in [0.2, 0.25) is 0 Å². The molecule has 0 aliphatic heterocycles. The van der Waals surface area contributed by atoms with E-state index in [4.69, 9.17) is 5.10 Å². The normalized spacial score (nSPS) is 10.8. The van der Waals surface area contributed by atoms with Crippen LogP contribution in [0.15, 0.2) is 36.4 Å². The van der Waals surface area contributed by atoms with Gasteiger partial charge in [-0.05, 0) is 44.5 Å². The highest BCUT2D eigenvalue weighted by molar-refractivity contribution is 7.14. The molecule has 1 aromatic carbocycles. The first-order chi connectivity index (χ1) is 13.8. The molecule has 7 heteroatoms. The number of carbonyl (C=O) groups is 2. The van der Waals surface area contributed by atoms with Gasteiger partial charge in [0.05, 0.1) is 22.8 Å². The van der Waals surface area contributed by atoms with Crippen molar-refractivity contribution >= 4 is 23.2 Å². The summed E-state index contributed by atoms with van der Waals surface area (Å²) in [6.45, 7) is 8.49. The fraction of sp³-hybridized carbons (Fsp3) is 0.318. The fourth-order valence-electron chi connectivity index (χ4n) is 3.24. The molecule has 2 heterocycles. The standard InChI is InChI=1S/C22H26N4O2S/c1-14-8-6-7-9-20(14)26-16(3)19(15(2)24-26)13-25(5)22(28)21-11-10-18(29-21)12-23-17(4)27/h6-11H,12-13H2,1-5H3,(H,23,27). The highest BCUT2D eigenvalue weighted by Gasteiger charge is 2.20. The Morgan fingerprint density at radius 2 is 1.86 bits per heavy atom. The third kappa shape index (κ3) is 4.56. The van der Waals surface area contributed by atoms with Crippen molar-refractivity contribution in [3.8, 4) is 5.69 Å². The third-order valence-electron chi connectivity index (χ3n) is 4.91. The molecule has 0 radical (unpaired) electrons. The SMILES string of the molecule is CC(=O)NCc1ccc(C(=O)N(C)Cc2c(C)nn(-c3ccccc3C)c2C)s1. The highest BCUT2D eigenvalue weighted by Crippen LogP contribution is 2.23. The lowest BCUT2D eigenvalue weighted by Crippen LogP contribution is -2.26. The van der Waals surface area contributed by atoms with E-state index in [0.29, 0.717) is 18.0 Å². The maximum atomic E-state index is 12.9. The van der Waals surface area contributed by atoms with Gasteiger partial charge in [-0.3, -0.25) is 9.59 Å². The quantitative estimate of drug-likeness (QED) is 0.673. The summed E-state index contributed by atoms with van der Waals surface area (Å²) in [6, 6.07) is 11.8. The molecule has 0 fully saturated rings. The minimum absolute atomic E-state index is 0.0356. The first kappa shape index (κ1) is 20.8. The maximum absolute atomic E-state index is 12.9. The zero-order valence-corrected chi connectivity index (χ0v) is 18.3. The van der Waals surface area contributed by atoms with E-state index in [0.717, 1.165) is 33.1 Å². The molecule has 0 unspecified atom stereocenters. The topological polar surface area (TPSA) is 67.2 Å².